The number of unbranched alkanes of at least 4 members (excludes halogenated alkanes) is 2. The second-order valence-corrected chi connectivity index (χ2v) is 9.05. The van der Waals surface area contributed by atoms with Crippen LogP contribution in [0.3, 0.4) is 0 Å². The molecule has 1 heterocycles. The maximum absolute atomic E-state index is 12.1. The van der Waals surface area contributed by atoms with E-state index in [2.05, 4.69) is 83.3 Å². The van der Waals surface area contributed by atoms with Crippen molar-refractivity contribution in [3.8, 4) is 0 Å². The van der Waals surface area contributed by atoms with Gasteiger partial charge in [-0.15, -0.1) is 0 Å². The van der Waals surface area contributed by atoms with Crippen molar-refractivity contribution in [2.45, 2.75) is 83.6 Å². The molecular formula is C32H45N3O4. The van der Waals surface area contributed by atoms with Gasteiger partial charge in [-0.05, 0) is 76.3 Å². The van der Waals surface area contributed by atoms with E-state index in [1.807, 2.05) is 0 Å². The van der Waals surface area contributed by atoms with Gasteiger partial charge >= 0.3 is 5.97 Å². The van der Waals surface area contributed by atoms with E-state index >= 15 is 0 Å². The predicted octanol–water partition coefficient (Wildman–Crippen LogP) is 6.47. The average molecular weight is 536 g/mol. The van der Waals surface area contributed by atoms with Crippen LogP contribution in [0.2, 0.25) is 0 Å². The number of allylic oxidation sites excluding steroid dienone is 10. The lowest BCUT2D eigenvalue weighted by molar-refractivity contribution is -0.139. The van der Waals surface area contributed by atoms with Crippen molar-refractivity contribution in [2.75, 3.05) is 6.54 Å². The van der Waals surface area contributed by atoms with E-state index in [1.54, 1.807) is 18.3 Å². The molecule has 3 N–H and O–H groups in total. The van der Waals surface area contributed by atoms with E-state index in [0.717, 1.165) is 44.9 Å². The Bertz CT molecular complexity index is 965. The number of nitrogens with one attached hydrogen (secondary N) is 2. The number of carboxylic acid groups (broad SMARTS) is 1. The number of carbonyl (C=O) groups excluding carboxylic acids is 2. The van der Waals surface area contributed by atoms with Crippen molar-refractivity contribution < 1.29 is 19.5 Å². The minimum atomic E-state index is -1.08. The highest BCUT2D eigenvalue weighted by Gasteiger charge is 2.20. The third-order valence-electron chi connectivity index (χ3n) is 5.70. The minimum Gasteiger partial charge on any atom is -0.480 e. The van der Waals surface area contributed by atoms with Crippen LogP contribution in [-0.2, 0) is 9.59 Å². The lowest BCUT2D eigenvalue weighted by Crippen LogP contribution is -2.40. The second kappa shape index (κ2) is 23.4. The van der Waals surface area contributed by atoms with Crippen molar-refractivity contribution in [1.29, 1.82) is 0 Å². The van der Waals surface area contributed by atoms with Gasteiger partial charge in [0, 0.05) is 25.4 Å². The third-order valence-corrected chi connectivity index (χ3v) is 5.70. The summed E-state index contributed by atoms with van der Waals surface area (Å²) in [7, 11) is 0. The molecular weight excluding hydrogens is 490 g/mol. The zero-order valence-electron chi connectivity index (χ0n) is 23.3. The monoisotopic (exact) mass is 535 g/mol. The maximum Gasteiger partial charge on any atom is 0.326 e. The molecule has 1 aromatic heterocycles. The second-order valence-electron chi connectivity index (χ2n) is 9.05. The lowest BCUT2D eigenvalue weighted by Gasteiger charge is -2.14. The number of carbonyl (C=O) groups is 3. The standard InChI is InChI=1S/C32H45N3O4/c1-2-3-4-5-6-7-8-9-10-11-12-13-14-15-16-17-18-24-30(36)34-26-20-19-23-29(32(38)39)35-31(37)28-22-21-25-33-27-28/h3-4,6-7,9-10,12-13,15-16,21-22,25,27,29H,2,5,8,11,14,17-20,23-24,26H2,1H3,(H,34,36)(H,35,37)(H,38,39)/b4-3-,7-6-,10-9-,13-12-,16-15-/t29-/m0/s1. The molecule has 1 atom stereocenters. The molecule has 0 aliphatic rings. The van der Waals surface area contributed by atoms with E-state index in [4.69, 9.17) is 0 Å². The number of nitrogens with zero attached hydrogens (tertiary/aromatic N) is 1. The van der Waals surface area contributed by atoms with Gasteiger partial charge in [-0.1, -0.05) is 67.7 Å². The molecule has 0 aromatic carbocycles. The summed E-state index contributed by atoms with van der Waals surface area (Å²) >= 11 is 0. The number of hydrogen-bond acceptors (Lipinski definition) is 4. The van der Waals surface area contributed by atoms with Crippen LogP contribution in [0.5, 0.6) is 0 Å². The summed E-state index contributed by atoms with van der Waals surface area (Å²) in [5, 5.41) is 14.8. The SMILES string of the molecule is CC/C=C\C/C=C\C/C=C\C/C=C\C/C=C\CCCC(=O)NCCCC[C@H](NC(=O)c1cccnc1)C(=O)O. The fourth-order valence-electron chi connectivity index (χ4n) is 3.53. The van der Waals surface area contributed by atoms with Crippen molar-refractivity contribution >= 4 is 17.8 Å². The van der Waals surface area contributed by atoms with Crippen LogP contribution in [0.4, 0.5) is 0 Å². The van der Waals surface area contributed by atoms with E-state index in [-0.39, 0.29) is 5.91 Å². The Morgan fingerprint density at radius 3 is 2.05 bits per heavy atom. The number of amides is 2. The van der Waals surface area contributed by atoms with Gasteiger partial charge in [-0.25, -0.2) is 4.79 Å². The van der Waals surface area contributed by atoms with Crippen LogP contribution < -0.4 is 10.6 Å². The van der Waals surface area contributed by atoms with Gasteiger partial charge in [-0.3, -0.25) is 14.6 Å². The summed E-state index contributed by atoms with van der Waals surface area (Å²) in [6.07, 6.45) is 33.1. The van der Waals surface area contributed by atoms with Crippen LogP contribution in [0.15, 0.2) is 85.3 Å². The highest BCUT2D eigenvalue weighted by molar-refractivity contribution is 5.96. The molecule has 0 bridgehead atoms. The molecule has 0 spiro atoms. The van der Waals surface area contributed by atoms with E-state index in [0.29, 0.717) is 37.8 Å². The fourth-order valence-corrected chi connectivity index (χ4v) is 3.53. The molecule has 212 valence electrons. The van der Waals surface area contributed by atoms with Gasteiger partial charge in [0.05, 0.1) is 5.56 Å². The quantitative estimate of drug-likeness (QED) is 0.123. The van der Waals surface area contributed by atoms with E-state index < -0.39 is 17.9 Å². The Morgan fingerprint density at radius 2 is 1.49 bits per heavy atom. The van der Waals surface area contributed by atoms with E-state index in [9.17, 15) is 19.5 Å². The molecule has 1 rings (SSSR count). The zero-order chi connectivity index (χ0) is 28.4. The molecule has 7 nitrogen and oxygen atoms in total. The van der Waals surface area contributed by atoms with Crippen LogP contribution in [0.1, 0.15) is 87.9 Å². The summed E-state index contributed by atoms with van der Waals surface area (Å²) in [6, 6.07) is 2.23. The number of aromatic nitrogens is 1. The van der Waals surface area contributed by atoms with Crippen molar-refractivity contribution in [3.63, 3.8) is 0 Å². The van der Waals surface area contributed by atoms with Crippen LogP contribution in [0, 0.1) is 0 Å². The van der Waals surface area contributed by atoms with Gasteiger partial charge in [0.2, 0.25) is 5.91 Å². The summed E-state index contributed by atoms with van der Waals surface area (Å²) in [5.74, 6) is -1.54. The number of hydrogen-bond donors (Lipinski definition) is 3. The van der Waals surface area contributed by atoms with Gasteiger partial charge in [0.25, 0.3) is 5.91 Å². The van der Waals surface area contributed by atoms with Crippen LogP contribution in [0.25, 0.3) is 0 Å². The summed E-state index contributed by atoms with van der Waals surface area (Å²) in [4.78, 5) is 39.5. The van der Waals surface area contributed by atoms with Crippen molar-refractivity contribution in [1.82, 2.24) is 15.6 Å². The lowest BCUT2D eigenvalue weighted by atomic mass is 10.1. The Kier molecular flexibility index (Phi) is 20.0. The Hall–Kier alpha value is -3.74. The summed E-state index contributed by atoms with van der Waals surface area (Å²) in [5.41, 5.74) is 0.320. The molecule has 2 amide bonds. The van der Waals surface area contributed by atoms with Crippen molar-refractivity contribution in [2.24, 2.45) is 0 Å². The van der Waals surface area contributed by atoms with Crippen molar-refractivity contribution in [3.05, 3.63) is 90.9 Å². The first-order valence-electron chi connectivity index (χ1n) is 14.0. The number of carboxylic acids is 1. The Labute approximate surface area is 233 Å². The number of rotatable bonds is 21. The maximum atomic E-state index is 12.1. The number of pyridine rings is 1. The normalized spacial score (nSPS) is 12.7. The molecule has 0 saturated carbocycles. The molecule has 0 fully saturated rings. The first-order chi connectivity index (χ1) is 19.0. The van der Waals surface area contributed by atoms with Crippen LogP contribution >= 0.6 is 0 Å². The molecule has 0 saturated heterocycles. The predicted molar refractivity (Wildman–Crippen MR) is 158 cm³/mol. The summed E-state index contributed by atoms with van der Waals surface area (Å²) < 4.78 is 0. The largest absolute Gasteiger partial charge is 0.480 e. The number of aliphatic carboxylic acids is 1. The topological polar surface area (TPSA) is 108 Å². The van der Waals surface area contributed by atoms with Gasteiger partial charge in [0.15, 0.2) is 0 Å². The third kappa shape index (κ3) is 19.1. The molecule has 39 heavy (non-hydrogen) atoms. The van der Waals surface area contributed by atoms with Gasteiger partial charge in [-0.2, -0.15) is 0 Å². The average Bonchev–Trinajstić information content (AvgIpc) is 2.94. The Balaban J connectivity index is 2.04. The Morgan fingerprint density at radius 1 is 0.872 bits per heavy atom. The van der Waals surface area contributed by atoms with Crippen LogP contribution in [-0.4, -0.2) is 40.5 Å². The highest BCUT2D eigenvalue weighted by atomic mass is 16.4. The molecule has 7 heteroatoms. The minimum absolute atomic E-state index is 0.00187. The van der Waals surface area contributed by atoms with Gasteiger partial charge in [0.1, 0.15) is 6.04 Å². The summed E-state index contributed by atoms with van der Waals surface area (Å²) in [6.45, 7) is 2.63. The first-order valence-corrected chi connectivity index (χ1v) is 14.0. The van der Waals surface area contributed by atoms with Gasteiger partial charge < -0.3 is 15.7 Å². The zero-order valence-corrected chi connectivity index (χ0v) is 23.3. The molecule has 0 radical (unpaired) electrons. The molecule has 0 unspecified atom stereocenters. The smallest absolute Gasteiger partial charge is 0.326 e. The first kappa shape index (κ1) is 33.3. The molecule has 1 aromatic rings. The molecule has 0 aliphatic heterocycles. The highest BCUT2D eigenvalue weighted by Crippen LogP contribution is 2.05. The van der Waals surface area contributed by atoms with E-state index in [1.165, 1.54) is 6.20 Å². The molecule has 0 aliphatic carbocycles. The fraction of sp³-hybridized carbons (Fsp3) is 0.438.